The van der Waals surface area contributed by atoms with Gasteiger partial charge < -0.3 is 24.8 Å². The Morgan fingerprint density at radius 1 is 1.04 bits per heavy atom. The summed E-state index contributed by atoms with van der Waals surface area (Å²) in [6, 6.07) is 12.8. The molecule has 3 aromatic heterocycles. The van der Waals surface area contributed by atoms with E-state index in [2.05, 4.69) is 41.0 Å². The Morgan fingerprint density at radius 3 is 2.57 bits per heavy atom. The van der Waals surface area contributed by atoms with E-state index >= 15 is 0 Å². The molecule has 0 radical (unpaired) electrons. The van der Waals surface area contributed by atoms with Gasteiger partial charge in [-0.2, -0.15) is 0 Å². The van der Waals surface area contributed by atoms with Crippen molar-refractivity contribution in [1.82, 2.24) is 40.1 Å². The number of fused-ring (bicyclic) bond motifs is 2. The third-order valence-electron chi connectivity index (χ3n) is 8.89. The number of nitrogens with one attached hydrogen (secondary N) is 3. The molecule has 1 saturated heterocycles. The third-order valence-corrected chi connectivity index (χ3v) is 8.89. The molecule has 14 heteroatoms. The van der Waals surface area contributed by atoms with Crippen molar-refractivity contribution in [2.45, 2.75) is 64.2 Å². The molecule has 6 rings (SSSR count). The van der Waals surface area contributed by atoms with Gasteiger partial charge in [0.1, 0.15) is 23.8 Å². The minimum Gasteiger partial charge on any atom is -0.484 e. The number of benzene rings is 1. The van der Waals surface area contributed by atoms with Crippen molar-refractivity contribution in [2.24, 2.45) is 0 Å². The molecule has 1 aliphatic heterocycles. The van der Waals surface area contributed by atoms with Crippen LogP contribution in [0.25, 0.3) is 5.65 Å². The molecule has 1 unspecified atom stereocenters. The number of urea groups is 1. The summed E-state index contributed by atoms with van der Waals surface area (Å²) in [7, 11) is 1.64. The highest BCUT2D eigenvalue weighted by Crippen LogP contribution is 2.39. The molecule has 260 valence electrons. The molecule has 0 saturated carbocycles. The van der Waals surface area contributed by atoms with Crippen molar-refractivity contribution in [3.63, 3.8) is 0 Å². The lowest BCUT2D eigenvalue weighted by atomic mass is 9.85. The highest BCUT2D eigenvalue weighted by atomic mass is 16.5. The predicted molar refractivity (Wildman–Crippen MR) is 183 cm³/mol. The topological polar surface area (TPSA) is 157 Å². The lowest BCUT2D eigenvalue weighted by Crippen LogP contribution is -2.41. The zero-order valence-corrected chi connectivity index (χ0v) is 28.7. The van der Waals surface area contributed by atoms with Crippen LogP contribution < -0.4 is 20.7 Å². The number of ether oxygens (including phenoxy) is 3. The number of anilines is 1. The van der Waals surface area contributed by atoms with Gasteiger partial charge in [-0.15, -0.1) is 10.2 Å². The largest absolute Gasteiger partial charge is 0.484 e. The van der Waals surface area contributed by atoms with Gasteiger partial charge in [0, 0.05) is 44.8 Å². The number of rotatable bonds is 10. The molecule has 1 aliphatic carbocycles. The molecule has 1 aromatic carbocycles. The van der Waals surface area contributed by atoms with Crippen molar-refractivity contribution < 1.29 is 23.8 Å². The van der Waals surface area contributed by atoms with Crippen LogP contribution in [0.2, 0.25) is 0 Å². The maximum atomic E-state index is 13.4. The van der Waals surface area contributed by atoms with Crippen LogP contribution in [-0.2, 0) is 14.9 Å². The molecule has 49 heavy (non-hydrogen) atoms. The maximum Gasteiger partial charge on any atom is 0.320 e. The molecular weight excluding hydrogens is 626 g/mol. The number of aromatic nitrogens is 5. The predicted octanol–water partition coefficient (Wildman–Crippen LogP) is 4.36. The summed E-state index contributed by atoms with van der Waals surface area (Å²) in [6.07, 6.45) is 2.78. The Hall–Kier alpha value is -4.66. The van der Waals surface area contributed by atoms with E-state index in [1.807, 2.05) is 74.7 Å². The van der Waals surface area contributed by atoms with Crippen LogP contribution in [0.15, 0.2) is 48.7 Å². The summed E-state index contributed by atoms with van der Waals surface area (Å²) >= 11 is 0. The summed E-state index contributed by atoms with van der Waals surface area (Å²) in [5.74, 6) is 1.26. The Labute approximate surface area is 286 Å². The summed E-state index contributed by atoms with van der Waals surface area (Å²) < 4.78 is 19.2. The van der Waals surface area contributed by atoms with Crippen LogP contribution in [0.3, 0.4) is 0 Å². The summed E-state index contributed by atoms with van der Waals surface area (Å²) in [6.45, 7) is 12.2. The van der Waals surface area contributed by atoms with Gasteiger partial charge in [0.2, 0.25) is 5.82 Å². The van der Waals surface area contributed by atoms with Gasteiger partial charge in [-0.25, -0.2) is 14.8 Å². The van der Waals surface area contributed by atoms with Gasteiger partial charge in [-0.05, 0) is 43.0 Å². The van der Waals surface area contributed by atoms with Gasteiger partial charge in [0.15, 0.2) is 11.5 Å². The number of hydrogen-bond donors (Lipinski definition) is 3. The molecule has 0 bridgehead atoms. The normalized spacial score (nSPS) is 18.8. The van der Waals surface area contributed by atoms with E-state index in [-0.39, 0.29) is 41.2 Å². The third kappa shape index (κ3) is 8.15. The quantitative estimate of drug-likeness (QED) is 0.221. The van der Waals surface area contributed by atoms with Crippen LogP contribution in [0.1, 0.15) is 92.1 Å². The number of amides is 3. The summed E-state index contributed by atoms with van der Waals surface area (Å²) in [5.41, 5.74) is 2.96. The van der Waals surface area contributed by atoms with Crippen molar-refractivity contribution in [2.75, 3.05) is 51.8 Å². The molecule has 1 fully saturated rings. The lowest BCUT2D eigenvalue weighted by molar-refractivity contribution is 0.0383. The van der Waals surface area contributed by atoms with Crippen LogP contribution in [0.5, 0.6) is 5.75 Å². The minimum absolute atomic E-state index is 0.0150. The van der Waals surface area contributed by atoms with Gasteiger partial charge in [-0.1, -0.05) is 45.0 Å². The van der Waals surface area contributed by atoms with E-state index < -0.39 is 6.03 Å². The molecule has 3 atom stereocenters. The Bertz CT molecular complexity index is 1780. The Kier molecular flexibility index (Phi) is 10.4. The van der Waals surface area contributed by atoms with Gasteiger partial charge in [0.05, 0.1) is 31.1 Å². The van der Waals surface area contributed by atoms with E-state index in [1.165, 1.54) is 0 Å². The highest BCUT2D eigenvalue weighted by Gasteiger charge is 2.30. The number of methoxy groups -OCH3 is 1. The first-order valence-electron chi connectivity index (χ1n) is 16.8. The lowest BCUT2D eigenvalue weighted by Gasteiger charge is -2.32. The Morgan fingerprint density at radius 2 is 1.82 bits per heavy atom. The second kappa shape index (κ2) is 14.8. The molecule has 0 spiro atoms. The van der Waals surface area contributed by atoms with E-state index in [4.69, 9.17) is 14.2 Å². The molecule has 4 heterocycles. The van der Waals surface area contributed by atoms with E-state index in [0.717, 1.165) is 24.2 Å². The van der Waals surface area contributed by atoms with Crippen molar-refractivity contribution in [1.29, 1.82) is 0 Å². The van der Waals surface area contributed by atoms with Crippen molar-refractivity contribution in [3.8, 4) is 5.75 Å². The number of morpholine rings is 1. The highest BCUT2D eigenvalue weighted by molar-refractivity contribution is 5.92. The SMILES string of the molecule is COC(C)c1nnc2ccc(O[C@@H]3CC[C@H](NC(=O)Nc4cc(C(C)(C)C)nc(C(=O)NCCN5CCOCC5)n4)c4ccccc43)cn12. The fraction of sp³-hybridized carbons (Fsp3) is 0.486. The molecule has 2 aliphatic rings. The smallest absolute Gasteiger partial charge is 0.320 e. The molecule has 3 N–H and O–H groups in total. The Balaban J connectivity index is 1.13. The van der Waals surface area contributed by atoms with E-state index in [9.17, 15) is 9.59 Å². The summed E-state index contributed by atoms with van der Waals surface area (Å²) in [4.78, 5) is 37.7. The molecule has 14 nitrogen and oxygen atoms in total. The van der Waals surface area contributed by atoms with Crippen LogP contribution in [0.4, 0.5) is 10.6 Å². The van der Waals surface area contributed by atoms with Gasteiger partial charge in [0.25, 0.3) is 5.91 Å². The molecular formula is C35H45N9O5. The second-order valence-electron chi connectivity index (χ2n) is 13.4. The first kappa shape index (κ1) is 34.2. The molecule has 4 aromatic rings. The van der Waals surface area contributed by atoms with Crippen LogP contribution >= 0.6 is 0 Å². The summed E-state index contributed by atoms with van der Waals surface area (Å²) in [5, 5.41) is 17.4. The number of pyridine rings is 1. The fourth-order valence-electron chi connectivity index (χ4n) is 6.07. The fourth-order valence-corrected chi connectivity index (χ4v) is 6.07. The second-order valence-corrected chi connectivity index (χ2v) is 13.4. The standard InChI is InChI=1S/C35H45N9O5/c1-22(47-5)32-42-41-30-13-10-23(21-44(30)32)49-27-12-11-26(24-8-6-7-9-25(24)27)37-34(46)40-29-20-28(35(2,3)4)38-31(39-29)33(45)36-14-15-43-16-18-48-19-17-43/h6-10,13,20-22,26-27H,11-12,14-19H2,1-5H3,(H,36,45)(H2,37,38,39,40,46)/t22?,26-,27+/m0/s1. The number of nitrogens with zero attached hydrogens (tertiary/aromatic N) is 6. The average molecular weight is 672 g/mol. The zero-order valence-electron chi connectivity index (χ0n) is 28.7. The van der Waals surface area contributed by atoms with Crippen LogP contribution in [-0.4, -0.2) is 87.9 Å². The first-order chi connectivity index (χ1) is 23.6. The van der Waals surface area contributed by atoms with Gasteiger partial charge in [-0.3, -0.25) is 19.4 Å². The first-order valence-corrected chi connectivity index (χ1v) is 16.8. The van der Waals surface area contributed by atoms with E-state index in [1.54, 1.807) is 13.2 Å². The van der Waals surface area contributed by atoms with Crippen molar-refractivity contribution in [3.05, 3.63) is 77.1 Å². The molecule has 3 amide bonds. The maximum absolute atomic E-state index is 13.4. The average Bonchev–Trinajstić information content (AvgIpc) is 3.52. The van der Waals surface area contributed by atoms with E-state index in [0.29, 0.717) is 62.1 Å². The monoisotopic (exact) mass is 671 g/mol. The van der Waals surface area contributed by atoms with Gasteiger partial charge >= 0.3 is 6.03 Å². The zero-order chi connectivity index (χ0) is 34.5. The number of carbonyl (C=O) groups is 2. The number of hydrogen-bond acceptors (Lipinski definition) is 10. The van der Waals surface area contributed by atoms with Crippen LogP contribution in [0, 0.1) is 0 Å². The minimum atomic E-state index is -0.422. The van der Waals surface area contributed by atoms with Crippen molar-refractivity contribution >= 4 is 23.4 Å². The number of carbonyl (C=O) groups excluding carboxylic acids is 2.